The molecule has 2 saturated heterocycles. The van der Waals surface area contributed by atoms with Gasteiger partial charge in [-0.05, 0) is 17.5 Å². The van der Waals surface area contributed by atoms with E-state index in [9.17, 15) is 14.4 Å². The molecule has 1 N–H and O–H groups in total. The van der Waals surface area contributed by atoms with Gasteiger partial charge in [-0.3, -0.25) is 14.4 Å². The number of hydrogen-bond acceptors (Lipinski definition) is 4. The molecule has 2 fully saturated rings. The number of carbonyl (C=O) groups is 3. The second-order valence-corrected chi connectivity index (χ2v) is 7.55. The summed E-state index contributed by atoms with van der Waals surface area (Å²) >= 11 is 0. The summed E-state index contributed by atoms with van der Waals surface area (Å²) in [6.07, 6.45) is 1.01. The van der Waals surface area contributed by atoms with Crippen LogP contribution in [0.5, 0.6) is 0 Å². The quantitative estimate of drug-likeness (QED) is 0.809. The second-order valence-electron chi connectivity index (χ2n) is 7.55. The van der Waals surface area contributed by atoms with Crippen molar-refractivity contribution in [3.8, 4) is 0 Å². The van der Waals surface area contributed by atoms with Crippen LogP contribution in [-0.2, 0) is 32.0 Å². The van der Waals surface area contributed by atoms with Gasteiger partial charge < -0.3 is 15.0 Å². The van der Waals surface area contributed by atoms with Crippen molar-refractivity contribution in [1.82, 2.24) is 10.2 Å². The molecule has 2 aliphatic rings. The first-order chi connectivity index (χ1) is 14.1. The molecule has 3 unspecified atom stereocenters. The Hall–Kier alpha value is -2.99. The Morgan fingerprint density at radius 3 is 2.38 bits per heavy atom. The number of amides is 2. The number of nitrogens with zero attached hydrogens (tertiary/aromatic N) is 1. The lowest BCUT2D eigenvalue weighted by molar-refractivity contribution is -0.139. The van der Waals surface area contributed by atoms with Crippen molar-refractivity contribution >= 4 is 17.6 Å². The molecule has 2 amide bonds. The minimum absolute atomic E-state index is 0.0584. The van der Waals surface area contributed by atoms with Crippen molar-refractivity contribution in [3.63, 3.8) is 0 Å². The highest BCUT2D eigenvalue weighted by Crippen LogP contribution is 2.27. The Labute approximate surface area is 169 Å². The topological polar surface area (TPSA) is 75.7 Å². The van der Waals surface area contributed by atoms with E-state index in [0.29, 0.717) is 19.4 Å². The zero-order valence-corrected chi connectivity index (χ0v) is 16.1. The normalized spacial score (nSPS) is 21.7. The molecule has 0 saturated carbocycles. The molecule has 3 atom stereocenters. The molecule has 0 aromatic heterocycles. The predicted molar refractivity (Wildman–Crippen MR) is 107 cm³/mol. The number of ketones is 1. The van der Waals surface area contributed by atoms with E-state index < -0.39 is 12.1 Å². The molecule has 0 aliphatic carbocycles. The maximum atomic E-state index is 13.3. The largest absolute Gasteiger partial charge is 0.368 e. The summed E-state index contributed by atoms with van der Waals surface area (Å²) in [6, 6.07) is 17.8. The third kappa shape index (κ3) is 4.38. The number of ether oxygens (including phenoxy) is 1. The van der Waals surface area contributed by atoms with Crippen LogP contribution < -0.4 is 5.32 Å². The minimum Gasteiger partial charge on any atom is -0.368 e. The highest BCUT2D eigenvalue weighted by molar-refractivity contribution is 5.95. The number of Topliss-reactive ketones (excluding diaryl/α,β-unsaturated/α-hetero) is 1. The van der Waals surface area contributed by atoms with E-state index in [1.165, 1.54) is 0 Å². The third-order valence-electron chi connectivity index (χ3n) is 5.52. The van der Waals surface area contributed by atoms with Gasteiger partial charge in [0, 0.05) is 13.0 Å². The SMILES string of the molecule is O=C(Cc1ccccc1)NC(Cc1ccccc1)C(=O)N1CCC2OCC(=O)C21. The van der Waals surface area contributed by atoms with E-state index in [1.807, 2.05) is 60.7 Å². The van der Waals surface area contributed by atoms with Crippen LogP contribution in [0.2, 0.25) is 0 Å². The molecule has 6 heteroatoms. The summed E-state index contributed by atoms with van der Waals surface area (Å²) in [6.45, 7) is 0.530. The first-order valence-electron chi connectivity index (χ1n) is 9.94. The monoisotopic (exact) mass is 392 g/mol. The zero-order valence-electron chi connectivity index (χ0n) is 16.1. The molecule has 4 rings (SSSR count). The molecule has 6 nitrogen and oxygen atoms in total. The van der Waals surface area contributed by atoms with Gasteiger partial charge in [0.15, 0.2) is 5.78 Å². The number of carbonyl (C=O) groups excluding carboxylic acids is 3. The van der Waals surface area contributed by atoms with E-state index in [0.717, 1.165) is 11.1 Å². The Kier molecular flexibility index (Phi) is 5.71. The number of hydrogen-bond donors (Lipinski definition) is 1. The van der Waals surface area contributed by atoms with Crippen molar-refractivity contribution in [3.05, 3.63) is 71.8 Å². The number of likely N-dealkylation sites (tertiary alicyclic amines) is 1. The lowest BCUT2D eigenvalue weighted by atomic mass is 10.0. The Morgan fingerprint density at radius 2 is 1.69 bits per heavy atom. The molecule has 2 aliphatic heterocycles. The molecule has 0 bridgehead atoms. The van der Waals surface area contributed by atoms with E-state index in [2.05, 4.69) is 5.32 Å². The van der Waals surface area contributed by atoms with Crippen LogP contribution in [0.3, 0.4) is 0 Å². The predicted octanol–water partition coefficient (Wildman–Crippen LogP) is 1.53. The van der Waals surface area contributed by atoms with Crippen molar-refractivity contribution in [2.75, 3.05) is 13.2 Å². The van der Waals surface area contributed by atoms with Gasteiger partial charge >= 0.3 is 0 Å². The smallest absolute Gasteiger partial charge is 0.246 e. The van der Waals surface area contributed by atoms with Crippen molar-refractivity contribution in [2.24, 2.45) is 0 Å². The molecule has 2 heterocycles. The highest BCUT2D eigenvalue weighted by atomic mass is 16.5. The van der Waals surface area contributed by atoms with Crippen molar-refractivity contribution < 1.29 is 19.1 Å². The zero-order chi connectivity index (χ0) is 20.2. The van der Waals surface area contributed by atoms with Gasteiger partial charge in [0.2, 0.25) is 11.8 Å². The molecular weight excluding hydrogens is 368 g/mol. The van der Waals surface area contributed by atoms with Crippen LogP contribution in [-0.4, -0.2) is 53.8 Å². The number of benzene rings is 2. The van der Waals surface area contributed by atoms with Gasteiger partial charge in [-0.15, -0.1) is 0 Å². The second kappa shape index (κ2) is 8.57. The summed E-state index contributed by atoms with van der Waals surface area (Å²) < 4.78 is 5.50. The standard InChI is InChI=1S/C23H24N2O4/c26-19-15-29-20-11-12-25(22(19)20)23(28)18(13-16-7-3-1-4-8-16)24-21(27)14-17-9-5-2-6-10-17/h1-10,18,20,22H,11-15H2,(H,24,27). The minimum atomic E-state index is -0.722. The fourth-order valence-electron chi connectivity index (χ4n) is 4.12. The summed E-state index contributed by atoms with van der Waals surface area (Å²) in [5.41, 5.74) is 1.84. The number of nitrogens with one attached hydrogen (secondary N) is 1. The average molecular weight is 392 g/mol. The van der Waals surface area contributed by atoms with Gasteiger partial charge in [-0.2, -0.15) is 0 Å². The van der Waals surface area contributed by atoms with Crippen LogP contribution in [0.1, 0.15) is 17.5 Å². The van der Waals surface area contributed by atoms with Gasteiger partial charge in [0.1, 0.15) is 18.7 Å². The van der Waals surface area contributed by atoms with Crippen molar-refractivity contribution in [2.45, 2.75) is 37.5 Å². The fourth-order valence-corrected chi connectivity index (χ4v) is 4.12. The molecule has 29 heavy (non-hydrogen) atoms. The van der Waals surface area contributed by atoms with Crippen LogP contribution in [0.4, 0.5) is 0 Å². The van der Waals surface area contributed by atoms with Gasteiger partial charge in [-0.25, -0.2) is 0 Å². The van der Waals surface area contributed by atoms with Gasteiger partial charge in [0.05, 0.1) is 12.5 Å². The van der Waals surface area contributed by atoms with Crippen LogP contribution in [0, 0.1) is 0 Å². The molecule has 150 valence electrons. The summed E-state index contributed by atoms with van der Waals surface area (Å²) in [5, 5.41) is 2.90. The lowest BCUT2D eigenvalue weighted by Gasteiger charge is -2.27. The molecular formula is C23H24N2O4. The van der Waals surface area contributed by atoms with E-state index in [4.69, 9.17) is 4.74 Å². The maximum absolute atomic E-state index is 13.3. The molecule has 0 radical (unpaired) electrons. The van der Waals surface area contributed by atoms with Crippen LogP contribution >= 0.6 is 0 Å². The highest BCUT2D eigenvalue weighted by Gasteiger charge is 2.47. The Morgan fingerprint density at radius 1 is 1.03 bits per heavy atom. The Balaban J connectivity index is 1.51. The maximum Gasteiger partial charge on any atom is 0.246 e. The van der Waals surface area contributed by atoms with E-state index in [1.54, 1.807) is 4.90 Å². The lowest BCUT2D eigenvalue weighted by Crippen LogP contribution is -2.53. The molecule has 2 aromatic carbocycles. The first-order valence-corrected chi connectivity index (χ1v) is 9.94. The number of rotatable bonds is 6. The van der Waals surface area contributed by atoms with Gasteiger partial charge in [0.25, 0.3) is 0 Å². The summed E-state index contributed by atoms with van der Waals surface area (Å²) in [5.74, 6) is -0.494. The van der Waals surface area contributed by atoms with E-state index >= 15 is 0 Å². The summed E-state index contributed by atoms with van der Waals surface area (Å²) in [7, 11) is 0. The molecule has 2 aromatic rings. The van der Waals surface area contributed by atoms with Gasteiger partial charge in [-0.1, -0.05) is 60.7 Å². The Bertz CT molecular complexity index is 884. The van der Waals surface area contributed by atoms with Crippen molar-refractivity contribution in [1.29, 1.82) is 0 Å². The average Bonchev–Trinajstić information content (AvgIpc) is 3.31. The fraction of sp³-hybridized carbons (Fsp3) is 0.348. The van der Waals surface area contributed by atoms with E-state index in [-0.39, 0.29) is 36.7 Å². The first kappa shape index (κ1) is 19.3. The number of fused-ring (bicyclic) bond motifs is 1. The molecule has 0 spiro atoms. The van der Waals surface area contributed by atoms with Crippen LogP contribution in [0.15, 0.2) is 60.7 Å². The summed E-state index contributed by atoms with van der Waals surface area (Å²) in [4.78, 5) is 39.8. The third-order valence-corrected chi connectivity index (χ3v) is 5.52. The van der Waals surface area contributed by atoms with Crippen LogP contribution in [0.25, 0.3) is 0 Å².